The van der Waals surface area contributed by atoms with Crippen LogP contribution < -0.4 is 14.4 Å². The second kappa shape index (κ2) is 13.0. The van der Waals surface area contributed by atoms with Crippen molar-refractivity contribution in [3.05, 3.63) is 58.1 Å². The second-order valence-corrected chi connectivity index (χ2v) is 10.6. The van der Waals surface area contributed by atoms with Crippen LogP contribution in [0.1, 0.15) is 31.7 Å². The fraction of sp³-hybridized carbons (Fsp3) is 0.417. The standard InChI is InChI=1S/C24H31Cl2N3O5S/c1-5-21(24(31)27-2)28(16-17-9-6-7-10-19(17)25)23(30)11-8-14-29(35(4,32)33)18-12-13-22(34-3)20(26)15-18/h6-7,9-10,12-13,15,21H,5,8,11,14,16H2,1-4H3,(H,27,31)/t21-/m0/s1. The molecule has 2 amide bonds. The third-order valence-electron chi connectivity index (χ3n) is 5.51. The van der Waals surface area contributed by atoms with Gasteiger partial charge in [0, 0.05) is 31.6 Å². The zero-order valence-electron chi connectivity index (χ0n) is 20.3. The maximum absolute atomic E-state index is 13.3. The van der Waals surface area contributed by atoms with Gasteiger partial charge in [0.1, 0.15) is 11.8 Å². The quantitative estimate of drug-likeness (QED) is 0.434. The molecule has 0 aliphatic carbocycles. The number of likely N-dealkylation sites (N-methyl/N-ethyl adjacent to an activating group) is 1. The minimum absolute atomic E-state index is 0.0356. The lowest BCUT2D eigenvalue weighted by Gasteiger charge is -2.31. The molecule has 8 nitrogen and oxygen atoms in total. The van der Waals surface area contributed by atoms with Crippen LogP contribution in [0.3, 0.4) is 0 Å². The number of methoxy groups -OCH3 is 1. The Balaban J connectivity index is 2.22. The van der Waals surface area contributed by atoms with E-state index in [1.54, 1.807) is 30.3 Å². The molecule has 0 saturated heterocycles. The van der Waals surface area contributed by atoms with Gasteiger partial charge in [0.15, 0.2) is 0 Å². The van der Waals surface area contributed by atoms with Crippen molar-refractivity contribution in [2.45, 2.75) is 38.8 Å². The van der Waals surface area contributed by atoms with Crippen molar-refractivity contribution in [2.24, 2.45) is 0 Å². The van der Waals surface area contributed by atoms with Gasteiger partial charge in [0.25, 0.3) is 0 Å². The molecule has 0 aliphatic heterocycles. The first-order valence-electron chi connectivity index (χ1n) is 11.1. The van der Waals surface area contributed by atoms with Gasteiger partial charge in [-0.25, -0.2) is 8.42 Å². The lowest BCUT2D eigenvalue weighted by Crippen LogP contribution is -2.48. The summed E-state index contributed by atoms with van der Waals surface area (Å²) in [7, 11) is -0.647. The number of carbonyl (C=O) groups excluding carboxylic acids is 2. The molecule has 2 rings (SSSR count). The number of benzene rings is 2. The van der Waals surface area contributed by atoms with Gasteiger partial charge in [-0.05, 0) is 42.7 Å². The molecule has 0 heterocycles. The summed E-state index contributed by atoms with van der Waals surface area (Å²) in [6, 6.07) is 11.1. The summed E-state index contributed by atoms with van der Waals surface area (Å²) in [6.07, 6.45) is 1.78. The predicted octanol–water partition coefficient (Wildman–Crippen LogP) is 4.10. The second-order valence-electron chi connectivity index (χ2n) is 7.91. The molecule has 2 aromatic carbocycles. The zero-order valence-corrected chi connectivity index (χ0v) is 22.6. The molecule has 2 aromatic rings. The molecule has 0 radical (unpaired) electrons. The number of hydrogen-bond acceptors (Lipinski definition) is 5. The highest BCUT2D eigenvalue weighted by molar-refractivity contribution is 7.92. The van der Waals surface area contributed by atoms with Crippen LogP contribution in [0.2, 0.25) is 10.0 Å². The Morgan fingerprint density at radius 3 is 2.34 bits per heavy atom. The lowest BCUT2D eigenvalue weighted by molar-refractivity contribution is -0.141. The summed E-state index contributed by atoms with van der Waals surface area (Å²) < 4.78 is 31.2. The molecule has 0 saturated carbocycles. The first kappa shape index (κ1) is 28.7. The smallest absolute Gasteiger partial charge is 0.242 e. The maximum atomic E-state index is 13.3. The number of hydrogen-bond donors (Lipinski definition) is 1. The summed E-state index contributed by atoms with van der Waals surface area (Å²) in [5, 5.41) is 3.38. The topological polar surface area (TPSA) is 96.0 Å². The lowest BCUT2D eigenvalue weighted by atomic mass is 10.1. The Bertz CT molecular complexity index is 1140. The van der Waals surface area contributed by atoms with E-state index in [2.05, 4.69) is 5.32 Å². The first-order chi connectivity index (χ1) is 16.5. The average Bonchev–Trinajstić information content (AvgIpc) is 2.81. The number of sulfonamides is 1. The summed E-state index contributed by atoms with van der Waals surface area (Å²) in [4.78, 5) is 27.3. The number of rotatable bonds is 12. The molecule has 0 spiro atoms. The molecule has 0 unspecified atom stereocenters. The van der Waals surface area contributed by atoms with Gasteiger partial charge in [-0.15, -0.1) is 0 Å². The molecule has 0 bridgehead atoms. The average molecular weight is 545 g/mol. The fourth-order valence-electron chi connectivity index (χ4n) is 3.71. The van der Waals surface area contributed by atoms with Crippen LogP contribution in [-0.2, 0) is 26.2 Å². The molecule has 0 aromatic heterocycles. The van der Waals surface area contributed by atoms with E-state index < -0.39 is 16.1 Å². The monoisotopic (exact) mass is 543 g/mol. The van der Waals surface area contributed by atoms with E-state index in [-0.39, 0.29) is 42.8 Å². The number of ether oxygens (including phenoxy) is 1. The number of amides is 2. The minimum atomic E-state index is -3.64. The molecule has 35 heavy (non-hydrogen) atoms. The predicted molar refractivity (Wildman–Crippen MR) is 140 cm³/mol. The molecule has 0 aliphatic rings. The van der Waals surface area contributed by atoms with Crippen molar-refractivity contribution in [3.8, 4) is 5.75 Å². The number of nitrogens with one attached hydrogen (secondary N) is 1. The minimum Gasteiger partial charge on any atom is -0.495 e. The SMILES string of the molecule is CC[C@@H](C(=O)NC)N(Cc1ccccc1Cl)C(=O)CCCN(c1ccc(OC)c(Cl)c1)S(C)(=O)=O. The van der Waals surface area contributed by atoms with Crippen LogP contribution in [0.15, 0.2) is 42.5 Å². The van der Waals surface area contributed by atoms with E-state index in [1.807, 2.05) is 13.0 Å². The van der Waals surface area contributed by atoms with Gasteiger partial charge in [-0.3, -0.25) is 13.9 Å². The van der Waals surface area contributed by atoms with Crippen LogP contribution in [-0.4, -0.2) is 58.1 Å². The van der Waals surface area contributed by atoms with Crippen LogP contribution in [0, 0.1) is 0 Å². The Hall–Kier alpha value is -2.49. The normalized spacial score (nSPS) is 12.1. The zero-order chi connectivity index (χ0) is 26.2. The van der Waals surface area contributed by atoms with E-state index in [4.69, 9.17) is 27.9 Å². The van der Waals surface area contributed by atoms with E-state index in [9.17, 15) is 18.0 Å². The van der Waals surface area contributed by atoms with Crippen molar-refractivity contribution in [2.75, 3.05) is 31.3 Å². The van der Waals surface area contributed by atoms with Gasteiger partial charge in [-0.2, -0.15) is 0 Å². The van der Waals surface area contributed by atoms with E-state index >= 15 is 0 Å². The third-order valence-corrected chi connectivity index (χ3v) is 7.36. The Labute approximate surface area is 217 Å². The molecular weight excluding hydrogens is 513 g/mol. The van der Waals surface area contributed by atoms with Gasteiger partial charge in [0.05, 0.1) is 24.1 Å². The van der Waals surface area contributed by atoms with Gasteiger partial charge < -0.3 is 15.0 Å². The summed E-state index contributed by atoms with van der Waals surface area (Å²) in [6.45, 7) is 2.05. The van der Waals surface area contributed by atoms with Crippen molar-refractivity contribution < 1.29 is 22.7 Å². The summed E-state index contributed by atoms with van der Waals surface area (Å²) >= 11 is 12.5. The fourth-order valence-corrected chi connectivity index (χ4v) is 5.12. The maximum Gasteiger partial charge on any atom is 0.242 e. The molecule has 0 fully saturated rings. The van der Waals surface area contributed by atoms with Crippen molar-refractivity contribution >= 4 is 50.7 Å². The van der Waals surface area contributed by atoms with Crippen LogP contribution in [0.5, 0.6) is 5.75 Å². The molecule has 1 N–H and O–H groups in total. The number of carbonyl (C=O) groups is 2. The first-order valence-corrected chi connectivity index (χ1v) is 13.7. The molecule has 1 atom stereocenters. The van der Waals surface area contributed by atoms with Gasteiger partial charge in [0.2, 0.25) is 21.8 Å². The number of anilines is 1. The van der Waals surface area contributed by atoms with Gasteiger partial charge >= 0.3 is 0 Å². The largest absolute Gasteiger partial charge is 0.495 e. The Morgan fingerprint density at radius 1 is 1.11 bits per heavy atom. The van der Waals surface area contributed by atoms with E-state index in [0.717, 1.165) is 11.8 Å². The summed E-state index contributed by atoms with van der Waals surface area (Å²) in [5.74, 6) is -0.130. The highest BCUT2D eigenvalue weighted by atomic mass is 35.5. The Kier molecular flexibility index (Phi) is 10.7. The molecular formula is C24H31Cl2N3O5S. The van der Waals surface area contributed by atoms with Crippen molar-refractivity contribution in [3.63, 3.8) is 0 Å². The third kappa shape index (κ3) is 7.75. The van der Waals surface area contributed by atoms with Crippen LogP contribution in [0.4, 0.5) is 5.69 Å². The highest BCUT2D eigenvalue weighted by Crippen LogP contribution is 2.30. The van der Waals surface area contributed by atoms with Crippen molar-refractivity contribution in [1.82, 2.24) is 10.2 Å². The van der Waals surface area contributed by atoms with E-state index in [0.29, 0.717) is 22.9 Å². The van der Waals surface area contributed by atoms with Crippen LogP contribution in [0.25, 0.3) is 0 Å². The van der Waals surface area contributed by atoms with E-state index in [1.165, 1.54) is 29.4 Å². The highest BCUT2D eigenvalue weighted by Gasteiger charge is 2.28. The number of nitrogens with zero attached hydrogens (tertiary/aromatic N) is 2. The van der Waals surface area contributed by atoms with Gasteiger partial charge in [-0.1, -0.05) is 48.3 Å². The van der Waals surface area contributed by atoms with Crippen molar-refractivity contribution in [1.29, 1.82) is 0 Å². The number of halogens is 2. The molecule has 11 heteroatoms. The Morgan fingerprint density at radius 2 is 1.80 bits per heavy atom. The van der Waals surface area contributed by atoms with Crippen LogP contribution >= 0.6 is 23.2 Å². The summed E-state index contributed by atoms with van der Waals surface area (Å²) in [5.41, 5.74) is 1.09. The molecule has 192 valence electrons.